The van der Waals surface area contributed by atoms with Gasteiger partial charge in [-0.2, -0.15) is 0 Å². The summed E-state index contributed by atoms with van der Waals surface area (Å²) in [6.07, 6.45) is 7.50. The Hall–Kier alpha value is -0.120. The summed E-state index contributed by atoms with van der Waals surface area (Å²) in [5.41, 5.74) is 0.415. The Morgan fingerprint density at radius 1 is 0.947 bits per heavy atom. The van der Waals surface area contributed by atoms with Crippen LogP contribution in [0.1, 0.15) is 59.3 Å². The molecule has 0 saturated carbocycles. The highest BCUT2D eigenvalue weighted by Gasteiger charge is 2.26. The number of ether oxygens (including phenoxy) is 2. The third-order valence-electron chi connectivity index (χ3n) is 3.95. The molecule has 0 aromatic carbocycles. The molecule has 0 heterocycles. The van der Waals surface area contributed by atoms with E-state index in [0.717, 1.165) is 26.1 Å². The minimum atomic E-state index is 0.415. The van der Waals surface area contributed by atoms with E-state index in [1.54, 1.807) is 7.11 Å². The van der Waals surface area contributed by atoms with Gasteiger partial charge in [0.15, 0.2) is 0 Å². The van der Waals surface area contributed by atoms with E-state index in [-0.39, 0.29) is 0 Å². The normalized spacial score (nSPS) is 14.5. The quantitative estimate of drug-likeness (QED) is 0.490. The first-order valence-electron chi connectivity index (χ1n) is 8.02. The Labute approximate surface area is 120 Å². The monoisotopic (exact) mass is 273 g/mol. The second-order valence-electron chi connectivity index (χ2n) is 5.49. The molecule has 0 radical (unpaired) electrons. The first-order chi connectivity index (χ1) is 9.24. The van der Waals surface area contributed by atoms with Crippen LogP contribution < -0.4 is 5.32 Å². The van der Waals surface area contributed by atoms with Crippen LogP contribution in [0.2, 0.25) is 0 Å². The third-order valence-corrected chi connectivity index (χ3v) is 3.95. The van der Waals surface area contributed by atoms with Gasteiger partial charge in [-0.15, -0.1) is 0 Å². The molecule has 0 aliphatic carbocycles. The van der Waals surface area contributed by atoms with Gasteiger partial charge in [0.25, 0.3) is 0 Å². The Bertz CT molecular complexity index is 188. The van der Waals surface area contributed by atoms with E-state index in [9.17, 15) is 0 Å². The Morgan fingerprint density at radius 2 is 1.74 bits per heavy atom. The highest BCUT2D eigenvalue weighted by atomic mass is 16.5. The third kappa shape index (κ3) is 9.42. The lowest BCUT2D eigenvalue weighted by Crippen LogP contribution is -2.35. The van der Waals surface area contributed by atoms with Crippen LogP contribution in [0.5, 0.6) is 0 Å². The summed E-state index contributed by atoms with van der Waals surface area (Å²) in [4.78, 5) is 0. The van der Waals surface area contributed by atoms with Gasteiger partial charge in [-0.3, -0.25) is 0 Å². The summed E-state index contributed by atoms with van der Waals surface area (Å²) in [6, 6.07) is 0. The van der Waals surface area contributed by atoms with Gasteiger partial charge in [0.1, 0.15) is 0 Å². The minimum absolute atomic E-state index is 0.415. The van der Waals surface area contributed by atoms with Crippen LogP contribution in [0, 0.1) is 5.41 Å². The van der Waals surface area contributed by atoms with Crippen LogP contribution in [0.4, 0.5) is 0 Å². The number of hydrogen-bond donors (Lipinski definition) is 1. The average Bonchev–Trinajstić information content (AvgIpc) is 2.44. The summed E-state index contributed by atoms with van der Waals surface area (Å²) >= 11 is 0. The molecule has 19 heavy (non-hydrogen) atoms. The summed E-state index contributed by atoms with van der Waals surface area (Å²) in [7, 11) is 1.72. The van der Waals surface area contributed by atoms with E-state index in [0.29, 0.717) is 18.6 Å². The summed E-state index contributed by atoms with van der Waals surface area (Å²) < 4.78 is 10.7. The molecule has 3 nitrogen and oxygen atoms in total. The molecule has 0 aliphatic heterocycles. The first-order valence-corrected chi connectivity index (χ1v) is 8.02. The van der Waals surface area contributed by atoms with Crippen LogP contribution in [0.25, 0.3) is 0 Å². The van der Waals surface area contributed by atoms with Crippen LogP contribution in [0.15, 0.2) is 0 Å². The van der Waals surface area contributed by atoms with Crippen molar-refractivity contribution in [1.82, 2.24) is 5.32 Å². The number of unbranched alkanes of at least 4 members (excludes halogenated alkanes) is 1. The molecule has 0 rings (SSSR count). The van der Waals surface area contributed by atoms with Gasteiger partial charge < -0.3 is 14.8 Å². The zero-order valence-corrected chi connectivity index (χ0v) is 13.6. The number of methoxy groups -OCH3 is 1. The highest BCUT2D eigenvalue weighted by Crippen LogP contribution is 2.32. The molecule has 0 aromatic rings. The molecule has 1 unspecified atom stereocenters. The maximum atomic E-state index is 5.66. The van der Waals surface area contributed by atoms with Crippen molar-refractivity contribution in [2.45, 2.75) is 59.3 Å². The molecule has 3 heteroatoms. The lowest BCUT2D eigenvalue weighted by Gasteiger charge is -2.33. The van der Waals surface area contributed by atoms with Crippen molar-refractivity contribution in [3.8, 4) is 0 Å². The Balaban J connectivity index is 4.11. The fourth-order valence-corrected chi connectivity index (χ4v) is 2.40. The second-order valence-corrected chi connectivity index (χ2v) is 5.49. The van der Waals surface area contributed by atoms with Crippen LogP contribution in [-0.2, 0) is 9.47 Å². The van der Waals surface area contributed by atoms with Crippen molar-refractivity contribution in [3.05, 3.63) is 0 Å². The molecule has 116 valence electrons. The van der Waals surface area contributed by atoms with Crippen molar-refractivity contribution in [3.63, 3.8) is 0 Å². The van der Waals surface area contributed by atoms with Gasteiger partial charge in [0.05, 0.1) is 13.2 Å². The molecule has 0 amide bonds. The van der Waals surface area contributed by atoms with E-state index < -0.39 is 0 Å². The van der Waals surface area contributed by atoms with Gasteiger partial charge in [-0.05, 0) is 37.6 Å². The van der Waals surface area contributed by atoms with Gasteiger partial charge >= 0.3 is 0 Å². The summed E-state index contributed by atoms with van der Waals surface area (Å²) in [5, 5.41) is 3.61. The predicted octanol–water partition coefficient (Wildman–Crippen LogP) is 3.63. The Morgan fingerprint density at radius 3 is 2.32 bits per heavy atom. The summed E-state index contributed by atoms with van der Waals surface area (Å²) in [5.74, 6) is 0. The molecule has 0 aliphatic rings. The molecule has 0 fully saturated rings. The molecule has 1 N–H and O–H groups in total. The fraction of sp³-hybridized carbons (Fsp3) is 1.00. The van der Waals surface area contributed by atoms with E-state index in [2.05, 4.69) is 26.1 Å². The second kappa shape index (κ2) is 12.9. The van der Waals surface area contributed by atoms with Gasteiger partial charge in [0, 0.05) is 20.3 Å². The number of nitrogens with one attached hydrogen (secondary N) is 1. The van der Waals surface area contributed by atoms with Gasteiger partial charge in [-0.25, -0.2) is 0 Å². The number of hydrogen-bond acceptors (Lipinski definition) is 3. The van der Waals surface area contributed by atoms with Crippen molar-refractivity contribution < 1.29 is 9.47 Å². The molecule has 0 saturated heterocycles. The van der Waals surface area contributed by atoms with Crippen molar-refractivity contribution in [1.29, 1.82) is 0 Å². The topological polar surface area (TPSA) is 30.5 Å². The first kappa shape index (κ1) is 18.9. The maximum Gasteiger partial charge on any atom is 0.0700 e. The molecule has 1 atom stereocenters. The Kier molecular flexibility index (Phi) is 12.8. The lowest BCUT2D eigenvalue weighted by atomic mass is 9.77. The molecule has 0 aromatic heterocycles. The van der Waals surface area contributed by atoms with Crippen molar-refractivity contribution >= 4 is 0 Å². The van der Waals surface area contributed by atoms with E-state index in [1.165, 1.54) is 32.1 Å². The van der Waals surface area contributed by atoms with Gasteiger partial charge in [-0.1, -0.05) is 33.6 Å². The molecular weight excluding hydrogens is 238 g/mol. The average molecular weight is 273 g/mol. The fourth-order valence-electron chi connectivity index (χ4n) is 2.40. The van der Waals surface area contributed by atoms with E-state index in [4.69, 9.17) is 9.47 Å². The van der Waals surface area contributed by atoms with Crippen LogP contribution in [0.3, 0.4) is 0 Å². The van der Waals surface area contributed by atoms with Crippen LogP contribution in [-0.4, -0.2) is 40.0 Å². The zero-order valence-electron chi connectivity index (χ0n) is 13.6. The largest absolute Gasteiger partial charge is 0.382 e. The summed E-state index contributed by atoms with van der Waals surface area (Å²) in [6.45, 7) is 11.3. The SMILES string of the molecule is CCCCC(CC)(CCOCCOC)CNCCC. The zero-order chi connectivity index (χ0) is 14.4. The lowest BCUT2D eigenvalue weighted by molar-refractivity contribution is 0.0471. The maximum absolute atomic E-state index is 5.66. The van der Waals surface area contributed by atoms with Crippen molar-refractivity contribution in [2.24, 2.45) is 5.41 Å². The minimum Gasteiger partial charge on any atom is -0.382 e. The van der Waals surface area contributed by atoms with Crippen molar-refractivity contribution in [2.75, 3.05) is 40.0 Å². The van der Waals surface area contributed by atoms with Gasteiger partial charge in [0.2, 0.25) is 0 Å². The number of rotatable bonds is 14. The van der Waals surface area contributed by atoms with Crippen LogP contribution >= 0.6 is 0 Å². The molecular formula is C16H35NO2. The predicted molar refractivity (Wildman–Crippen MR) is 82.7 cm³/mol. The highest BCUT2D eigenvalue weighted by molar-refractivity contribution is 4.80. The van der Waals surface area contributed by atoms with E-state index in [1.807, 2.05) is 0 Å². The molecule has 0 bridgehead atoms. The smallest absolute Gasteiger partial charge is 0.0700 e. The molecule has 0 spiro atoms. The standard InChI is InChI=1S/C16H35NO2/c1-5-8-9-16(7-3,15-17-11-6-2)10-12-19-14-13-18-4/h17H,5-15H2,1-4H3. The van der Waals surface area contributed by atoms with E-state index >= 15 is 0 Å².